The van der Waals surface area contributed by atoms with Gasteiger partial charge in [0.05, 0.1) is 12.6 Å². The molecule has 2 saturated carbocycles. The summed E-state index contributed by atoms with van der Waals surface area (Å²) in [6.45, 7) is 5.77. The highest BCUT2D eigenvalue weighted by atomic mass is 16.2. The zero-order valence-corrected chi connectivity index (χ0v) is 20.9. The molecule has 0 unspecified atom stereocenters. The van der Waals surface area contributed by atoms with Crippen LogP contribution in [-0.2, 0) is 9.59 Å². The Kier molecular flexibility index (Phi) is 8.41. The Morgan fingerprint density at radius 3 is 2.47 bits per heavy atom. The molecule has 1 aromatic carbocycles. The van der Waals surface area contributed by atoms with E-state index in [9.17, 15) is 14.4 Å². The summed E-state index contributed by atoms with van der Waals surface area (Å²) in [6, 6.07) is 7.92. The number of hydrogen-bond donors (Lipinski definition) is 2. The predicted molar refractivity (Wildman–Crippen MR) is 134 cm³/mol. The summed E-state index contributed by atoms with van der Waals surface area (Å²) >= 11 is 0. The molecular formula is C28H41N3O3. The summed E-state index contributed by atoms with van der Waals surface area (Å²) in [5.41, 5.74) is 1.71. The van der Waals surface area contributed by atoms with Crippen LogP contribution in [0.1, 0.15) is 93.5 Å². The highest BCUT2D eigenvalue weighted by Gasteiger charge is 2.33. The molecule has 2 aliphatic carbocycles. The topological polar surface area (TPSA) is 78.5 Å². The third kappa shape index (κ3) is 6.47. The second-order valence-electron chi connectivity index (χ2n) is 10.9. The van der Waals surface area contributed by atoms with E-state index in [1.54, 1.807) is 0 Å². The van der Waals surface area contributed by atoms with Gasteiger partial charge in [-0.05, 0) is 62.1 Å². The number of rotatable bonds is 9. The van der Waals surface area contributed by atoms with Crippen LogP contribution >= 0.6 is 0 Å². The second kappa shape index (κ2) is 11.5. The van der Waals surface area contributed by atoms with Gasteiger partial charge in [-0.25, -0.2) is 0 Å². The normalized spacial score (nSPS) is 22.4. The molecule has 1 aliphatic heterocycles. The lowest BCUT2D eigenvalue weighted by molar-refractivity contribution is -0.131. The van der Waals surface area contributed by atoms with Gasteiger partial charge < -0.3 is 15.5 Å². The van der Waals surface area contributed by atoms with Gasteiger partial charge in [0.2, 0.25) is 5.91 Å². The Labute approximate surface area is 204 Å². The summed E-state index contributed by atoms with van der Waals surface area (Å²) in [4.78, 5) is 40.8. The number of nitrogens with zero attached hydrogens (tertiary/aromatic N) is 1. The molecule has 4 rings (SSSR count). The second-order valence-corrected chi connectivity index (χ2v) is 10.9. The molecular weight excluding hydrogens is 426 g/mol. The zero-order chi connectivity index (χ0) is 24.1. The van der Waals surface area contributed by atoms with Crippen LogP contribution in [0.15, 0.2) is 24.3 Å². The van der Waals surface area contributed by atoms with Crippen molar-refractivity contribution in [3.8, 4) is 0 Å². The van der Waals surface area contributed by atoms with Crippen molar-refractivity contribution in [2.24, 2.45) is 11.8 Å². The van der Waals surface area contributed by atoms with Crippen LogP contribution in [0.5, 0.6) is 0 Å². The minimum atomic E-state index is -0.404. The van der Waals surface area contributed by atoms with Crippen LogP contribution in [0.4, 0.5) is 0 Å². The average molecular weight is 468 g/mol. The van der Waals surface area contributed by atoms with Crippen molar-refractivity contribution in [3.63, 3.8) is 0 Å². The Morgan fingerprint density at radius 1 is 1.00 bits per heavy atom. The van der Waals surface area contributed by atoms with E-state index in [-0.39, 0.29) is 35.4 Å². The predicted octanol–water partition coefficient (Wildman–Crippen LogP) is 4.05. The highest BCUT2D eigenvalue weighted by molar-refractivity contribution is 5.98. The van der Waals surface area contributed by atoms with Gasteiger partial charge in [0.1, 0.15) is 0 Å². The molecule has 0 aromatic heterocycles. The number of likely N-dealkylation sites (tertiary alicyclic amines) is 1. The minimum Gasteiger partial charge on any atom is -0.342 e. The molecule has 6 nitrogen and oxygen atoms in total. The summed E-state index contributed by atoms with van der Waals surface area (Å²) < 4.78 is 0. The first kappa shape index (κ1) is 24.9. The number of piperidine rings is 1. The van der Waals surface area contributed by atoms with Crippen molar-refractivity contribution >= 4 is 17.6 Å². The maximum Gasteiger partial charge on any atom is 0.251 e. The van der Waals surface area contributed by atoms with Crippen LogP contribution in [0, 0.1) is 11.8 Å². The fourth-order valence-corrected chi connectivity index (χ4v) is 5.51. The number of hydrogen-bond acceptors (Lipinski definition) is 4. The number of carbonyl (C=O) groups excluding carboxylic acids is 3. The minimum absolute atomic E-state index is 0.0984. The van der Waals surface area contributed by atoms with Crippen molar-refractivity contribution in [1.82, 2.24) is 15.5 Å². The Balaban J connectivity index is 1.41. The van der Waals surface area contributed by atoms with Crippen LogP contribution in [0.3, 0.4) is 0 Å². The fraction of sp³-hybridized carbons (Fsp3) is 0.679. The molecule has 1 aromatic rings. The van der Waals surface area contributed by atoms with Crippen molar-refractivity contribution in [2.45, 2.75) is 89.6 Å². The van der Waals surface area contributed by atoms with E-state index in [1.807, 2.05) is 36.9 Å². The fourth-order valence-electron chi connectivity index (χ4n) is 5.51. The van der Waals surface area contributed by atoms with Crippen molar-refractivity contribution in [3.05, 3.63) is 35.4 Å². The molecule has 2 N–H and O–H groups in total. The van der Waals surface area contributed by atoms with Gasteiger partial charge in [0.25, 0.3) is 5.91 Å². The van der Waals surface area contributed by atoms with Crippen LogP contribution in [-0.4, -0.2) is 54.2 Å². The summed E-state index contributed by atoms with van der Waals surface area (Å²) in [7, 11) is 0. The number of nitrogens with one attached hydrogen (secondary N) is 2. The van der Waals surface area contributed by atoms with Gasteiger partial charge in [-0.15, -0.1) is 0 Å². The lowest BCUT2D eigenvalue weighted by atomic mass is 9.80. The largest absolute Gasteiger partial charge is 0.342 e. The molecule has 186 valence electrons. The molecule has 1 heterocycles. The van der Waals surface area contributed by atoms with Crippen LogP contribution < -0.4 is 10.6 Å². The number of amides is 2. The van der Waals surface area contributed by atoms with E-state index >= 15 is 0 Å². The van der Waals surface area contributed by atoms with E-state index in [0.717, 1.165) is 50.6 Å². The SMILES string of the molecule is CC(C)C(=O)[C@H](NC(=O)c1cccc([C@@H]2CCCN(C(=O)CNC3CC3)C2)c1)C1CCCCC1. The van der Waals surface area contributed by atoms with E-state index in [2.05, 4.69) is 16.7 Å². The number of benzene rings is 1. The molecule has 3 aliphatic rings. The van der Waals surface area contributed by atoms with Gasteiger partial charge in [-0.2, -0.15) is 0 Å². The van der Waals surface area contributed by atoms with E-state index in [1.165, 1.54) is 19.3 Å². The van der Waals surface area contributed by atoms with Crippen molar-refractivity contribution < 1.29 is 14.4 Å². The van der Waals surface area contributed by atoms with Gasteiger partial charge >= 0.3 is 0 Å². The Bertz CT molecular complexity index is 873. The van der Waals surface area contributed by atoms with Crippen molar-refractivity contribution in [1.29, 1.82) is 0 Å². The van der Waals surface area contributed by atoms with Gasteiger partial charge in [-0.3, -0.25) is 14.4 Å². The van der Waals surface area contributed by atoms with E-state index < -0.39 is 6.04 Å². The molecule has 2 atom stereocenters. The number of carbonyl (C=O) groups is 3. The molecule has 6 heteroatoms. The number of Topliss-reactive ketones (excluding diaryl/α,β-unsaturated/α-hetero) is 1. The van der Waals surface area contributed by atoms with E-state index in [0.29, 0.717) is 24.7 Å². The molecule has 0 radical (unpaired) electrons. The molecule has 1 saturated heterocycles. The standard InChI is InChI=1S/C28H41N3O3/c1-19(2)27(33)26(20-8-4-3-5-9-20)30-28(34)22-11-6-10-21(16-22)23-12-7-15-31(18-23)25(32)17-29-24-13-14-24/h6,10-11,16,19-20,23-24,26,29H,3-5,7-9,12-15,17-18H2,1-2H3,(H,30,34)/t23-,26-/m1/s1. The first-order chi connectivity index (χ1) is 16.4. The molecule has 2 amide bonds. The quantitative estimate of drug-likeness (QED) is 0.574. The molecule has 0 spiro atoms. The van der Waals surface area contributed by atoms with Crippen LogP contribution in [0.2, 0.25) is 0 Å². The van der Waals surface area contributed by atoms with Gasteiger partial charge in [-0.1, -0.05) is 45.2 Å². The lowest BCUT2D eigenvalue weighted by Crippen LogP contribution is -2.48. The molecule has 3 fully saturated rings. The summed E-state index contributed by atoms with van der Waals surface area (Å²) in [5, 5.41) is 6.44. The summed E-state index contributed by atoms with van der Waals surface area (Å²) in [5.74, 6) is 0.518. The molecule has 34 heavy (non-hydrogen) atoms. The van der Waals surface area contributed by atoms with Crippen molar-refractivity contribution in [2.75, 3.05) is 19.6 Å². The first-order valence-electron chi connectivity index (χ1n) is 13.4. The Morgan fingerprint density at radius 2 is 1.76 bits per heavy atom. The zero-order valence-electron chi connectivity index (χ0n) is 20.9. The van der Waals surface area contributed by atoms with Crippen LogP contribution in [0.25, 0.3) is 0 Å². The lowest BCUT2D eigenvalue weighted by Gasteiger charge is -2.33. The summed E-state index contributed by atoms with van der Waals surface area (Å²) in [6.07, 6.45) is 9.83. The number of ketones is 1. The third-order valence-electron chi connectivity index (χ3n) is 7.80. The maximum atomic E-state index is 13.3. The third-order valence-corrected chi connectivity index (χ3v) is 7.80. The van der Waals surface area contributed by atoms with Gasteiger partial charge in [0, 0.05) is 36.5 Å². The first-order valence-corrected chi connectivity index (χ1v) is 13.4. The Hall–Kier alpha value is -2.21. The molecule has 0 bridgehead atoms. The van der Waals surface area contributed by atoms with Gasteiger partial charge in [0.15, 0.2) is 5.78 Å². The average Bonchev–Trinajstić information content (AvgIpc) is 3.70. The monoisotopic (exact) mass is 467 g/mol. The maximum absolute atomic E-state index is 13.3. The smallest absolute Gasteiger partial charge is 0.251 e. The highest BCUT2D eigenvalue weighted by Crippen LogP contribution is 2.30. The van der Waals surface area contributed by atoms with E-state index in [4.69, 9.17) is 0 Å².